The number of carbonyl (C=O) groups excluding carboxylic acids is 2. The van der Waals surface area contributed by atoms with Crippen molar-refractivity contribution in [3.63, 3.8) is 0 Å². The van der Waals surface area contributed by atoms with E-state index in [0.29, 0.717) is 12.6 Å². The monoisotopic (exact) mass is 183 g/mol. The van der Waals surface area contributed by atoms with E-state index in [1.807, 2.05) is 0 Å². The molecule has 5 nitrogen and oxygen atoms in total. The number of nitrogens with one attached hydrogen (secondary N) is 2. The summed E-state index contributed by atoms with van der Waals surface area (Å²) in [5.74, 6) is -0.112. The second-order valence-corrected chi connectivity index (χ2v) is 3.46. The van der Waals surface area contributed by atoms with E-state index in [9.17, 15) is 9.59 Å². The van der Waals surface area contributed by atoms with Gasteiger partial charge in [0.15, 0.2) is 0 Å². The molecule has 3 amide bonds. The molecule has 0 aliphatic carbocycles. The van der Waals surface area contributed by atoms with Crippen LogP contribution in [0.15, 0.2) is 0 Å². The van der Waals surface area contributed by atoms with Crippen LogP contribution in [0.3, 0.4) is 0 Å². The number of carbonyl (C=O) groups is 2. The molecule has 0 aromatic carbocycles. The van der Waals surface area contributed by atoms with E-state index in [1.165, 1.54) is 4.90 Å². The van der Waals surface area contributed by atoms with E-state index < -0.39 is 0 Å². The number of hydrogen-bond donors (Lipinski definition) is 2. The maximum absolute atomic E-state index is 11.2. The van der Waals surface area contributed by atoms with Crippen LogP contribution in [-0.2, 0) is 4.79 Å². The lowest BCUT2D eigenvalue weighted by Gasteiger charge is -2.17. The summed E-state index contributed by atoms with van der Waals surface area (Å²) in [6.45, 7) is 1.67. The van der Waals surface area contributed by atoms with Gasteiger partial charge in [0.25, 0.3) is 0 Å². The van der Waals surface area contributed by atoms with Crippen LogP contribution >= 0.6 is 0 Å². The normalized spacial score (nSPS) is 28.3. The van der Waals surface area contributed by atoms with Gasteiger partial charge in [-0.3, -0.25) is 9.69 Å². The molecule has 2 rings (SSSR count). The van der Waals surface area contributed by atoms with Gasteiger partial charge in [0.2, 0.25) is 5.91 Å². The van der Waals surface area contributed by atoms with Crippen molar-refractivity contribution >= 4 is 11.9 Å². The molecule has 2 saturated heterocycles. The SMILES string of the molecule is O=C1CNC(=O)N1CC1CCCN1. The smallest absolute Gasteiger partial charge is 0.324 e. The second kappa shape index (κ2) is 3.33. The van der Waals surface area contributed by atoms with Gasteiger partial charge in [-0.2, -0.15) is 0 Å². The predicted octanol–water partition coefficient (Wildman–Crippen LogP) is -0.710. The molecule has 2 fully saturated rings. The lowest BCUT2D eigenvalue weighted by Crippen LogP contribution is -2.41. The van der Waals surface area contributed by atoms with Crippen molar-refractivity contribution in [2.75, 3.05) is 19.6 Å². The molecule has 0 radical (unpaired) electrons. The highest BCUT2D eigenvalue weighted by molar-refractivity contribution is 6.01. The quantitative estimate of drug-likeness (QED) is 0.556. The van der Waals surface area contributed by atoms with Gasteiger partial charge in [-0.1, -0.05) is 0 Å². The van der Waals surface area contributed by atoms with E-state index in [4.69, 9.17) is 0 Å². The zero-order valence-electron chi connectivity index (χ0n) is 7.38. The Labute approximate surface area is 76.5 Å². The van der Waals surface area contributed by atoms with Crippen molar-refractivity contribution in [2.24, 2.45) is 0 Å². The van der Waals surface area contributed by atoms with Gasteiger partial charge >= 0.3 is 6.03 Å². The number of nitrogens with zero attached hydrogens (tertiary/aromatic N) is 1. The molecular weight excluding hydrogens is 170 g/mol. The second-order valence-electron chi connectivity index (χ2n) is 3.46. The minimum Gasteiger partial charge on any atom is -0.329 e. The highest BCUT2D eigenvalue weighted by atomic mass is 16.2. The molecule has 0 spiro atoms. The largest absolute Gasteiger partial charge is 0.329 e. The molecule has 1 atom stereocenters. The standard InChI is InChI=1S/C8H13N3O2/c12-7-4-10-8(13)11(7)5-6-2-1-3-9-6/h6,9H,1-5H2,(H,10,13). The van der Waals surface area contributed by atoms with Crippen molar-refractivity contribution in [2.45, 2.75) is 18.9 Å². The van der Waals surface area contributed by atoms with Gasteiger partial charge < -0.3 is 10.6 Å². The maximum Gasteiger partial charge on any atom is 0.324 e. The highest BCUT2D eigenvalue weighted by Crippen LogP contribution is 2.08. The summed E-state index contributed by atoms with van der Waals surface area (Å²) < 4.78 is 0. The van der Waals surface area contributed by atoms with E-state index in [0.717, 1.165) is 19.4 Å². The third kappa shape index (κ3) is 1.65. The van der Waals surface area contributed by atoms with Crippen molar-refractivity contribution in [1.29, 1.82) is 0 Å². The molecule has 0 saturated carbocycles. The van der Waals surface area contributed by atoms with Gasteiger partial charge in [-0.15, -0.1) is 0 Å². The Morgan fingerprint density at radius 2 is 2.31 bits per heavy atom. The number of amides is 3. The van der Waals surface area contributed by atoms with Gasteiger partial charge in [-0.25, -0.2) is 4.79 Å². The molecule has 0 bridgehead atoms. The Kier molecular flexibility index (Phi) is 2.18. The molecule has 1 unspecified atom stereocenters. The predicted molar refractivity (Wildman–Crippen MR) is 46.1 cm³/mol. The average molecular weight is 183 g/mol. The minimum absolute atomic E-state index is 0.112. The third-order valence-corrected chi connectivity index (χ3v) is 2.50. The maximum atomic E-state index is 11.2. The zero-order valence-corrected chi connectivity index (χ0v) is 7.38. The van der Waals surface area contributed by atoms with Crippen LogP contribution in [-0.4, -0.2) is 42.5 Å². The summed E-state index contributed by atoms with van der Waals surface area (Å²) in [5, 5.41) is 5.75. The minimum atomic E-state index is -0.251. The first-order chi connectivity index (χ1) is 6.27. The fourth-order valence-electron chi connectivity index (χ4n) is 1.77. The molecule has 72 valence electrons. The fourth-order valence-corrected chi connectivity index (χ4v) is 1.77. The van der Waals surface area contributed by atoms with Crippen LogP contribution in [0, 0.1) is 0 Å². The molecule has 0 aromatic rings. The van der Waals surface area contributed by atoms with Crippen molar-refractivity contribution < 1.29 is 9.59 Å². The van der Waals surface area contributed by atoms with E-state index in [1.54, 1.807) is 0 Å². The van der Waals surface area contributed by atoms with Gasteiger partial charge in [0.05, 0.1) is 6.54 Å². The summed E-state index contributed by atoms with van der Waals surface area (Å²) in [6.07, 6.45) is 2.19. The average Bonchev–Trinajstić information content (AvgIpc) is 2.70. The first-order valence-electron chi connectivity index (χ1n) is 4.59. The fraction of sp³-hybridized carbons (Fsp3) is 0.750. The number of imide groups is 1. The molecule has 0 aromatic heterocycles. The topological polar surface area (TPSA) is 61.4 Å². The molecule has 2 aliphatic rings. The summed E-state index contributed by atoms with van der Waals surface area (Å²) in [5.41, 5.74) is 0. The van der Waals surface area contributed by atoms with Crippen LogP contribution in [0.4, 0.5) is 4.79 Å². The van der Waals surface area contributed by atoms with Crippen LogP contribution in [0.1, 0.15) is 12.8 Å². The molecule has 5 heteroatoms. The Bertz CT molecular complexity index is 220. The third-order valence-electron chi connectivity index (χ3n) is 2.50. The molecule has 2 aliphatic heterocycles. The lowest BCUT2D eigenvalue weighted by atomic mass is 10.2. The highest BCUT2D eigenvalue weighted by Gasteiger charge is 2.31. The number of rotatable bonds is 2. The first kappa shape index (κ1) is 8.50. The van der Waals surface area contributed by atoms with Crippen molar-refractivity contribution in [1.82, 2.24) is 15.5 Å². The van der Waals surface area contributed by atoms with Crippen molar-refractivity contribution in [3.8, 4) is 0 Å². The summed E-state index contributed by atoms with van der Waals surface area (Å²) in [6, 6.07) is 0.0477. The molecule has 2 heterocycles. The Balaban J connectivity index is 1.92. The van der Waals surface area contributed by atoms with E-state index >= 15 is 0 Å². The van der Waals surface area contributed by atoms with Crippen LogP contribution in [0.25, 0.3) is 0 Å². The van der Waals surface area contributed by atoms with Gasteiger partial charge in [0.1, 0.15) is 0 Å². The van der Waals surface area contributed by atoms with Crippen LogP contribution in [0.5, 0.6) is 0 Å². The molecule has 2 N–H and O–H groups in total. The zero-order chi connectivity index (χ0) is 9.26. The number of hydrogen-bond acceptors (Lipinski definition) is 3. The van der Waals surface area contributed by atoms with Crippen LogP contribution in [0.2, 0.25) is 0 Å². The van der Waals surface area contributed by atoms with Crippen molar-refractivity contribution in [3.05, 3.63) is 0 Å². The number of urea groups is 1. The van der Waals surface area contributed by atoms with Crippen LogP contribution < -0.4 is 10.6 Å². The summed E-state index contributed by atoms with van der Waals surface area (Å²) >= 11 is 0. The lowest BCUT2D eigenvalue weighted by molar-refractivity contribution is -0.125. The van der Waals surface area contributed by atoms with Gasteiger partial charge in [-0.05, 0) is 19.4 Å². The Morgan fingerprint density at radius 1 is 1.46 bits per heavy atom. The summed E-state index contributed by atoms with van der Waals surface area (Å²) in [7, 11) is 0. The molecular formula is C8H13N3O2. The van der Waals surface area contributed by atoms with E-state index in [2.05, 4.69) is 10.6 Å². The molecule has 13 heavy (non-hydrogen) atoms. The Morgan fingerprint density at radius 3 is 2.85 bits per heavy atom. The summed E-state index contributed by atoms with van der Waals surface area (Å²) in [4.78, 5) is 23.6. The first-order valence-corrected chi connectivity index (χ1v) is 4.59. The van der Waals surface area contributed by atoms with E-state index in [-0.39, 0.29) is 18.5 Å². The van der Waals surface area contributed by atoms with Gasteiger partial charge in [0, 0.05) is 12.6 Å². The Hall–Kier alpha value is -1.10.